The van der Waals surface area contributed by atoms with Gasteiger partial charge in [0.1, 0.15) is 23.6 Å². The molecule has 1 heterocycles. The summed E-state index contributed by atoms with van der Waals surface area (Å²) in [4.78, 5) is 24.1. The maximum absolute atomic E-state index is 12.1. The third-order valence-corrected chi connectivity index (χ3v) is 5.97. The van der Waals surface area contributed by atoms with Crippen LogP contribution in [-0.4, -0.2) is 24.3 Å². The number of carbonyl (C=O) groups is 2. The number of carbonyl (C=O) groups excluding carboxylic acids is 2. The van der Waals surface area contributed by atoms with E-state index in [9.17, 15) is 9.59 Å². The molecule has 38 heavy (non-hydrogen) atoms. The standard InChI is InChI=1S/C31H35NO6/c1-5-35-28(33)18-24-10-6-7-12-27(24)37-20-22-16-25-13-14-36-29(25)26(17-22)23-11-8-9-21(15-23)19-32-30(34)38-31(2,3)4/h7-9,11-17H,5-6,10,18-20H2,1-4H3,(H,32,34). The summed E-state index contributed by atoms with van der Waals surface area (Å²) in [6.07, 6.45) is 7.12. The molecule has 0 saturated heterocycles. The number of ether oxygens (including phenoxy) is 3. The number of benzene rings is 2. The highest BCUT2D eigenvalue weighted by Gasteiger charge is 2.17. The molecule has 0 spiro atoms. The van der Waals surface area contributed by atoms with Gasteiger partial charge in [-0.3, -0.25) is 4.79 Å². The molecule has 7 heteroatoms. The number of rotatable bonds is 9. The van der Waals surface area contributed by atoms with Gasteiger partial charge in [-0.2, -0.15) is 0 Å². The summed E-state index contributed by atoms with van der Waals surface area (Å²) in [6, 6.07) is 14.0. The van der Waals surface area contributed by atoms with E-state index in [1.165, 1.54) is 0 Å². The van der Waals surface area contributed by atoms with Crippen LogP contribution in [0.4, 0.5) is 4.79 Å². The molecule has 4 rings (SSSR count). The maximum atomic E-state index is 12.1. The van der Waals surface area contributed by atoms with E-state index in [2.05, 4.69) is 17.5 Å². The lowest BCUT2D eigenvalue weighted by Gasteiger charge is -2.19. The molecule has 1 amide bonds. The lowest BCUT2D eigenvalue weighted by atomic mass is 9.98. The minimum Gasteiger partial charge on any atom is -0.489 e. The molecule has 0 bridgehead atoms. The molecule has 7 nitrogen and oxygen atoms in total. The zero-order valence-electron chi connectivity index (χ0n) is 22.5. The zero-order chi connectivity index (χ0) is 27.1. The Kier molecular flexibility index (Phi) is 8.56. The third kappa shape index (κ3) is 7.28. The second kappa shape index (κ2) is 12.0. The summed E-state index contributed by atoms with van der Waals surface area (Å²) >= 11 is 0. The van der Waals surface area contributed by atoms with Crippen molar-refractivity contribution in [1.29, 1.82) is 0 Å². The lowest BCUT2D eigenvalue weighted by Crippen LogP contribution is -2.32. The molecular formula is C31H35NO6. The van der Waals surface area contributed by atoms with E-state index in [1.807, 2.05) is 63.2 Å². The first-order valence-electron chi connectivity index (χ1n) is 12.9. The average molecular weight is 518 g/mol. The van der Waals surface area contributed by atoms with E-state index >= 15 is 0 Å². The van der Waals surface area contributed by atoms with Crippen molar-refractivity contribution in [2.75, 3.05) is 6.61 Å². The Morgan fingerprint density at radius 2 is 1.92 bits per heavy atom. The Morgan fingerprint density at radius 3 is 2.71 bits per heavy atom. The van der Waals surface area contributed by atoms with Crippen molar-refractivity contribution < 1.29 is 28.2 Å². The molecule has 0 atom stereocenters. The van der Waals surface area contributed by atoms with Crippen LogP contribution < -0.4 is 5.32 Å². The van der Waals surface area contributed by atoms with E-state index in [4.69, 9.17) is 18.6 Å². The molecule has 1 aliphatic carbocycles. The third-order valence-electron chi connectivity index (χ3n) is 5.97. The van der Waals surface area contributed by atoms with Gasteiger partial charge < -0.3 is 23.9 Å². The molecule has 1 N–H and O–H groups in total. The zero-order valence-corrected chi connectivity index (χ0v) is 22.5. The number of furan rings is 1. The van der Waals surface area contributed by atoms with Crippen molar-refractivity contribution in [2.45, 2.75) is 65.7 Å². The highest BCUT2D eigenvalue weighted by atomic mass is 16.6. The predicted molar refractivity (Wildman–Crippen MR) is 146 cm³/mol. The van der Waals surface area contributed by atoms with Crippen LogP contribution in [-0.2, 0) is 32.2 Å². The van der Waals surface area contributed by atoms with Crippen molar-refractivity contribution in [2.24, 2.45) is 0 Å². The van der Waals surface area contributed by atoms with E-state index in [0.717, 1.165) is 57.4 Å². The van der Waals surface area contributed by atoms with Crippen LogP contribution in [0.2, 0.25) is 0 Å². The van der Waals surface area contributed by atoms with Crippen LogP contribution in [0.1, 0.15) is 58.1 Å². The molecule has 0 fully saturated rings. The van der Waals surface area contributed by atoms with Gasteiger partial charge in [0.15, 0.2) is 0 Å². The summed E-state index contributed by atoms with van der Waals surface area (Å²) in [6.45, 7) is 8.37. The molecule has 1 aromatic heterocycles. The maximum Gasteiger partial charge on any atom is 0.407 e. The SMILES string of the molecule is CCOC(=O)CC1=C(OCc2cc(-c3cccc(CNC(=O)OC(C)(C)C)c3)c3occc3c2)C=CCC1. The van der Waals surface area contributed by atoms with E-state index in [1.54, 1.807) is 13.2 Å². The number of alkyl carbamates (subject to hydrolysis) is 1. The second-order valence-electron chi connectivity index (χ2n) is 10.2. The first-order chi connectivity index (χ1) is 18.2. The number of esters is 1. The highest BCUT2D eigenvalue weighted by molar-refractivity contribution is 5.93. The number of allylic oxidation sites excluding steroid dienone is 2. The summed E-state index contributed by atoms with van der Waals surface area (Å²) in [5, 5.41) is 3.78. The fourth-order valence-corrected chi connectivity index (χ4v) is 4.34. The summed E-state index contributed by atoms with van der Waals surface area (Å²) in [7, 11) is 0. The first kappa shape index (κ1) is 27.0. The second-order valence-corrected chi connectivity index (χ2v) is 10.2. The number of nitrogens with one attached hydrogen (secondary N) is 1. The van der Waals surface area contributed by atoms with Crippen molar-refractivity contribution in [3.8, 4) is 11.1 Å². The average Bonchev–Trinajstić information content (AvgIpc) is 3.34. The molecule has 1 aliphatic rings. The predicted octanol–water partition coefficient (Wildman–Crippen LogP) is 7.20. The molecule has 2 aromatic carbocycles. The molecule has 200 valence electrons. The Balaban J connectivity index is 1.53. The van der Waals surface area contributed by atoms with Gasteiger partial charge in [0.05, 0.1) is 19.3 Å². The van der Waals surface area contributed by atoms with Gasteiger partial charge >= 0.3 is 12.1 Å². The monoisotopic (exact) mass is 517 g/mol. The van der Waals surface area contributed by atoms with Gasteiger partial charge in [-0.05, 0) is 93.1 Å². The van der Waals surface area contributed by atoms with E-state index in [-0.39, 0.29) is 12.4 Å². The topological polar surface area (TPSA) is 87.0 Å². The quantitative estimate of drug-likeness (QED) is 0.302. The number of hydrogen-bond acceptors (Lipinski definition) is 6. The van der Waals surface area contributed by atoms with E-state index < -0.39 is 11.7 Å². The smallest absolute Gasteiger partial charge is 0.407 e. The molecule has 0 radical (unpaired) electrons. The Bertz CT molecular complexity index is 1360. The van der Waals surface area contributed by atoms with Gasteiger partial charge in [-0.15, -0.1) is 0 Å². The molecule has 3 aromatic rings. The summed E-state index contributed by atoms with van der Waals surface area (Å²) in [5.41, 5.74) is 5.01. The van der Waals surface area contributed by atoms with Gasteiger partial charge in [0.2, 0.25) is 0 Å². The highest BCUT2D eigenvalue weighted by Crippen LogP contribution is 2.33. The van der Waals surface area contributed by atoms with Crippen LogP contribution in [0, 0.1) is 0 Å². The van der Waals surface area contributed by atoms with E-state index in [0.29, 0.717) is 19.8 Å². The van der Waals surface area contributed by atoms with Crippen LogP contribution in [0.3, 0.4) is 0 Å². The van der Waals surface area contributed by atoms with Crippen molar-refractivity contribution in [3.05, 3.63) is 83.3 Å². The van der Waals surface area contributed by atoms with Crippen molar-refractivity contribution in [1.82, 2.24) is 5.32 Å². The Morgan fingerprint density at radius 1 is 1.08 bits per heavy atom. The minimum absolute atomic E-state index is 0.234. The lowest BCUT2D eigenvalue weighted by molar-refractivity contribution is -0.142. The largest absolute Gasteiger partial charge is 0.489 e. The minimum atomic E-state index is -0.553. The van der Waals surface area contributed by atoms with Crippen LogP contribution in [0.15, 0.2) is 76.6 Å². The normalized spacial score (nSPS) is 13.5. The van der Waals surface area contributed by atoms with Gasteiger partial charge in [-0.1, -0.05) is 24.3 Å². The number of amides is 1. The fraction of sp³-hybridized carbons (Fsp3) is 0.355. The van der Waals surface area contributed by atoms with Crippen LogP contribution >= 0.6 is 0 Å². The first-order valence-corrected chi connectivity index (χ1v) is 12.9. The van der Waals surface area contributed by atoms with Crippen LogP contribution in [0.5, 0.6) is 0 Å². The number of hydrogen-bond donors (Lipinski definition) is 1. The van der Waals surface area contributed by atoms with Crippen molar-refractivity contribution >= 4 is 23.0 Å². The van der Waals surface area contributed by atoms with Gasteiger partial charge in [0, 0.05) is 17.5 Å². The molecule has 0 saturated carbocycles. The summed E-state index contributed by atoms with van der Waals surface area (Å²) < 4.78 is 22.5. The van der Waals surface area contributed by atoms with Crippen molar-refractivity contribution in [3.63, 3.8) is 0 Å². The number of fused-ring (bicyclic) bond motifs is 1. The summed E-state index contributed by atoms with van der Waals surface area (Å²) in [5.74, 6) is 0.496. The Hall–Kier alpha value is -4.00. The van der Waals surface area contributed by atoms with Gasteiger partial charge in [0.25, 0.3) is 0 Å². The molecule has 0 unspecified atom stereocenters. The van der Waals surface area contributed by atoms with Gasteiger partial charge in [-0.25, -0.2) is 4.79 Å². The molecular weight excluding hydrogens is 482 g/mol. The fourth-order valence-electron chi connectivity index (χ4n) is 4.34. The Labute approximate surface area is 223 Å². The van der Waals surface area contributed by atoms with Crippen LogP contribution in [0.25, 0.3) is 22.1 Å². The molecule has 0 aliphatic heterocycles.